The number of aromatic nitrogens is 2. The molecule has 7 nitrogen and oxygen atoms in total. The summed E-state index contributed by atoms with van der Waals surface area (Å²) in [6.45, 7) is 7.45. The van der Waals surface area contributed by atoms with Crippen molar-refractivity contribution in [1.82, 2.24) is 10.1 Å². The van der Waals surface area contributed by atoms with Gasteiger partial charge in [0.15, 0.2) is 11.4 Å². The molecular formula is C23H23N3O4. The van der Waals surface area contributed by atoms with Gasteiger partial charge in [-0.05, 0) is 37.1 Å². The predicted molar refractivity (Wildman–Crippen MR) is 111 cm³/mol. The van der Waals surface area contributed by atoms with Crippen molar-refractivity contribution in [2.24, 2.45) is 0 Å². The minimum absolute atomic E-state index is 0.117. The Morgan fingerprint density at radius 2 is 1.87 bits per heavy atom. The first kappa shape index (κ1) is 19.8. The first-order chi connectivity index (χ1) is 14.3. The Balaban J connectivity index is 1.66. The van der Waals surface area contributed by atoms with Crippen molar-refractivity contribution in [1.29, 1.82) is 0 Å². The number of fused-ring (bicyclic) bond motifs is 1. The van der Waals surface area contributed by atoms with E-state index in [9.17, 15) is 9.59 Å². The zero-order chi connectivity index (χ0) is 21.5. The highest BCUT2D eigenvalue weighted by Crippen LogP contribution is 2.34. The Bertz CT molecular complexity index is 1130. The van der Waals surface area contributed by atoms with Crippen molar-refractivity contribution >= 4 is 17.6 Å². The second-order valence-corrected chi connectivity index (χ2v) is 8.02. The first-order valence-electron chi connectivity index (χ1n) is 9.85. The maximum atomic E-state index is 13.2. The molecule has 0 spiro atoms. The summed E-state index contributed by atoms with van der Waals surface area (Å²) >= 11 is 0. The van der Waals surface area contributed by atoms with Crippen molar-refractivity contribution in [3.05, 3.63) is 65.0 Å². The van der Waals surface area contributed by atoms with E-state index in [1.165, 1.54) is 0 Å². The van der Waals surface area contributed by atoms with Crippen LogP contribution in [0, 0.1) is 6.92 Å². The van der Waals surface area contributed by atoms with Crippen LogP contribution in [0.1, 0.15) is 54.0 Å². The smallest absolute Gasteiger partial charge is 0.339 e. The molecule has 1 atom stereocenters. The van der Waals surface area contributed by atoms with Gasteiger partial charge in [-0.1, -0.05) is 49.3 Å². The van der Waals surface area contributed by atoms with Crippen LogP contribution in [0.3, 0.4) is 0 Å². The third-order valence-electron chi connectivity index (χ3n) is 5.26. The van der Waals surface area contributed by atoms with E-state index in [2.05, 4.69) is 15.5 Å². The molecule has 1 amide bonds. The van der Waals surface area contributed by atoms with E-state index < -0.39 is 17.5 Å². The lowest BCUT2D eigenvalue weighted by Crippen LogP contribution is -2.49. The van der Waals surface area contributed by atoms with E-state index in [0.717, 1.165) is 11.1 Å². The van der Waals surface area contributed by atoms with E-state index in [0.29, 0.717) is 35.0 Å². The van der Waals surface area contributed by atoms with Gasteiger partial charge in [-0.3, -0.25) is 4.79 Å². The van der Waals surface area contributed by atoms with Gasteiger partial charge in [-0.2, -0.15) is 4.98 Å². The summed E-state index contributed by atoms with van der Waals surface area (Å²) in [5, 5.41) is 6.95. The molecule has 1 N–H and O–H groups in total. The summed E-state index contributed by atoms with van der Waals surface area (Å²) in [4.78, 5) is 30.1. The number of esters is 1. The van der Waals surface area contributed by atoms with E-state index in [1.807, 2.05) is 51.1 Å². The molecular weight excluding hydrogens is 382 g/mol. The summed E-state index contributed by atoms with van der Waals surface area (Å²) < 4.78 is 11.0. The molecule has 0 aliphatic carbocycles. The number of carbonyl (C=O) groups excluding carboxylic acids is 2. The minimum atomic E-state index is -1.33. The van der Waals surface area contributed by atoms with E-state index in [-0.39, 0.29) is 5.92 Å². The monoisotopic (exact) mass is 405 g/mol. The lowest BCUT2D eigenvalue weighted by atomic mass is 9.89. The summed E-state index contributed by atoms with van der Waals surface area (Å²) in [7, 11) is 0. The molecule has 2 heterocycles. The van der Waals surface area contributed by atoms with Crippen LogP contribution in [0.2, 0.25) is 0 Å². The van der Waals surface area contributed by atoms with Crippen molar-refractivity contribution in [2.75, 3.05) is 5.32 Å². The number of cyclic esters (lactones) is 1. The highest BCUT2D eigenvalue weighted by atomic mass is 16.6. The van der Waals surface area contributed by atoms with Gasteiger partial charge < -0.3 is 14.6 Å². The highest BCUT2D eigenvalue weighted by molar-refractivity contribution is 6.04. The quantitative estimate of drug-likeness (QED) is 0.651. The van der Waals surface area contributed by atoms with Crippen molar-refractivity contribution in [3.63, 3.8) is 0 Å². The average Bonchev–Trinajstić information content (AvgIpc) is 3.20. The van der Waals surface area contributed by atoms with E-state index in [4.69, 9.17) is 9.26 Å². The molecule has 1 unspecified atom stereocenters. The molecule has 3 aromatic rings. The van der Waals surface area contributed by atoms with Crippen LogP contribution < -0.4 is 5.32 Å². The largest absolute Gasteiger partial charge is 0.445 e. The number of amides is 1. The van der Waals surface area contributed by atoms with Crippen molar-refractivity contribution in [3.8, 4) is 11.5 Å². The fourth-order valence-corrected chi connectivity index (χ4v) is 3.50. The molecule has 30 heavy (non-hydrogen) atoms. The number of nitrogens with one attached hydrogen (secondary N) is 1. The van der Waals surface area contributed by atoms with Gasteiger partial charge in [0.1, 0.15) is 0 Å². The Morgan fingerprint density at radius 3 is 2.60 bits per heavy atom. The zero-order valence-corrected chi connectivity index (χ0v) is 17.4. The maximum Gasteiger partial charge on any atom is 0.339 e. The van der Waals surface area contributed by atoms with Gasteiger partial charge in [0, 0.05) is 12.3 Å². The normalized spacial score (nSPS) is 18.1. The number of benzene rings is 2. The Hall–Kier alpha value is -3.48. The van der Waals surface area contributed by atoms with Gasteiger partial charge in [0.05, 0.1) is 16.8 Å². The Kier molecular flexibility index (Phi) is 4.89. The molecule has 7 heteroatoms. The van der Waals surface area contributed by atoms with Crippen LogP contribution in [0.4, 0.5) is 5.69 Å². The maximum absolute atomic E-state index is 13.2. The summed E-state index contributed by atoms with van der Waals surface area (Å²) in [5.41, 5.74) is 1.95. The number of ether oxygens (including phenoxy) is 1. The van der Waals surface area contributed by atoms with Gasteiger partial charge in [0.2, 0.25) is 0 Å². The third kappa shape index (κ3) is 3.47. The average molecular weight is 405 g/mol. The molecule has 0 saturated carbocycles. The standard InChI is InChI=1S/C23H23N3O4/c1-13(2)19-25-20(30-26-19)17-11-7-8-14(3)18(17)24-22(28)23(4)12-15-9-5-6-10-16(15)21(27)29-23/h5-11,13H,12H2,1-4H3,(H,24,28). The van der Waals surface area contributed by atoms with E-state index >= 15 is 0 Å². The number of anilines is 1. The highest BCUT2D eigenvalue weighted by Gasteiger charge is 2.43. The molecule has 0 saturated heterocycles. The lowest BCUT2D eigenvalue weighted by molar-refractivity contribution is -0.134. The number of carbonyl (C=O) groups is 2. The van der Waals surface area contributed by atoms with Gasteiger partial charge in [0.25, 0.3) is 11.8 Å². The van der Waals surface area contributed by atoms with E-state index in [1.54, 1.807) is 19.1 Å². The van der Waals surface area contributed by atoms with Crippen LogP contribution in [-0.4, -0.2) is 27.6 Å². The van der Waals surface area contributed by atoms with Crippen LogP contribution in [0.25, 0.3) is 11.5 Å². The number of hydrogen-bond donors (Lipinski definition) is 1. The molecule has 1 aliphatic heterocycles. The van der Waals surface area contributed by atoms with Crippen LogP contribution in [0.15, 0.2) is 47.0 Å². The van der Waals surface area contributed by atoms with Crippen LogP contribution in [0.5, 0.6) is 0 Å². The number of rotatable bonds is 4. The zero-order valence-electron chi connectivity index (χ0n) is 17.4. The van der Waals surface area contributed by atoms with Gasteiger partial charge in [-0.15, -0.1) is 0 Å². The van der Waals surface area contributed by atoms with Crippen molar-refractivity contribution < 1.29 is 18.8 Å². The fourth-order valence-electron chi connectivity index (χ4n) is 3.50. The number of para-hydroxylation sites is 1. The molecule has 154 valence electrons. The second kappa shape index (κ2) is 7.40. The van der Waals surface area contributed by atoms with Crippen molar-refractivity contribution in [2.45, 2.75) is 45.6 Å². The Labute approximate surface area is 174 Å². The third-order valence-corrected chi connectivity index (χ3v) is 5.26. The first-order valence-corrected chi connectivity index (χ1v) is 9.85. The lowest BCUT2D eigenvalue weighted by Gasteiger charge is -2.33. The molecule has 4 rings (SSSR count). The topological polar surface area (TPSA) is 94.3 Å². The van der Waals surface area contributed by atoms with Crippen LogP contribution >= 0.6 is 0 Å². The number of aryl methyl sites for hydroxylation is 1. The molecule has 1 aromatic heterocycles. The minimum Gasteiger partial charge on any atom is -0.445 e. The summed E-state index contributed by atoms with van der Waals surface area (Å²) in [6, 6.07) is 12.7. The summed E-state index contributed by atoms with van der Waals surface area (Å²) in [5.74, 6) is 0.121. The van der Waals surface area contributed by atoms with Gasteiger partial charge >= 0.3 is 5.97 Å². The molecule has 1 aliphatic rings. The van der Waals surface area contributed by atoms with Gasteiger partial charge in [-0.25, -0.2) is 4.79 Å². The SMILES string of the molecule is Cc1cccc(-c2nc(C(C)C)no2)c1NC(=O)C1(C)Cc2ccccc2C(=O)O1. The number of hydrogen-bond acceptors (Lipinski definition) is 6. The number of nitrogens with zero attached hydrogens (tertiary/aromatic N) is 2. The van der Waals surface area contributed by atoms with Crippen LogP contribution in [-0.2, 0) is 16.0 Å². The Morgan fingerprint density at radius 1 is 1.13 bits per heavy atom. The fraction of sp³-hybridized carbons (Fsp3) is 0.304. The molecule has 2 aromatic carbocycles. The summed E-state index contributed by atoms with van der Waals surface area (Å²) in [6.07, 6.45) is 0.292. The molecule has 0 fully saturated rings. The predicted octanol–water partition coefficient (Wildman–Crippen LogP) is 4.28. The molecule has 0 bridgehead atoms. The second-order valence-electron chi connectivity index (χ2n) is 8.02. The molecule has 0 radical (unpaired) electrons.